The second-order valence-electron chi connectivity index (χ2n) is 6.06. The molecule has 0 spiro atoms. The first-order valence-electron chi connectivity index (χ1n) is 8.41. The van der Waals surface area contributed by atoms with Crippen molar-refractivity contribution in [2.24, 2.45) is 0 Å². The first kappa shape index (κ1) is 18.9. The lowest BCUT2D eigenvalue weighted by molar-refractivity contribution is 0.0472. The maximum atomic E-state index is 12.6. The molecule has 0 radical (unpaired) electrons. The molecule has 1 aliphatic heterocycles. The minimum atomic E-state index is -3.55. The molecule has 3 rings (SSSR count). The van der Waals surface area contributed by atoms with Crippen LogP contribution in [0.1, 0.15) is 28.8 Å². The molecule has 1 fully saturated rings. The summed E-state index contributed by atoms with van der Waals surface area (Å²) in [5.74, 6) is -0.530. The second-order valence-corrected chi connectivity index (χ2v) is 8.88. The standard InChI is InChI=1S/C19H21NO4S2/c1-25-17-9-7-15(8-10-17)14-24-19(21)16-5-4-6-18(13-16)26(22,23)20-11-2-3-12-20/h4-10,13H,2-3,11-12,14H2,1H3. The van der Waals surface area contributed by atoms with Crippen molar-refractivity contribution in [3.05, 3.63) is 59.7 Å². The summed E-state index contributed by atoms with van der Waals surface area (Å²) in [6.07, 6.45) is 3.74. The third-order valence-corrected chi connectivity index (χ3v) is 6.94. The van der Waals surface area contributed by atoms with Gasteiger partial charge >= 0.3 is 5.97 Å². The van der Waals surface area contributed by atoms with Gasteiger partial charge < -0.3 is 4.74 Å². The van der Waals surface area contributed by atoms with Gasteiger partial charge in [-0.1, -0.05) is 18.2 Å². The van der Waals surface area contributed by atoms with Crippen molar-refractivity contribution in [3.63, 3.8) is 0 Å². The van der Waals surface area contributed by atoms with Gasteiger partial charge in [-0.25, -0.2) is 13.2 Å². The van der Waals surface area contributed by atoms with Crippen LogP contribution in [0.25, 0.3) is 0 Å². The molecule has 0 atom stereocenters. The quantitative estimate of drug-likeness (QED) is 0.557. The van der Waals surface area contributed by atoms with Gasteiger partial charge in [0, 0.05) is 18.0 Å². The van der Waals surface area contributed by atoms with E-state index in [2.05, 4.69) is 0 Å². The van der Waals surface area contributed by atoms with Gasteiger partial charge in [-0.2, -0.15) is 4.31 Å². The van der Waals surface area contributed by atoms with E-state index in [0.29, 0.717) is 13.1 Å². The molecule has 26 heavy (non-hydrogen) atoms. The highest BCUT2D eigenvalue weighted by molar-refractivity contribution is 7.98. The third-order valence-electron chi connectivity index (χ3n) is 4.30. The van der Waals surface area contributed by atoms with E-state index in [1.54, 1.807) is 23.9 Å². The Kier molecular flexibility index (Phi) is 6.01. The highest BCUT2D eigenvalue weighted by Crippen LogP contribution is 2.22. The number of thioether (sulfide) groups is 1. The van der Waals surface area contributed by atoms with Gasteiger partial charge in [0.1, 0.15) is 6.61 Å². The van der Waals surface area contributed by atoms with Gasteiger partial charge in [0.25, 0.3) is 0 Å². The number of carbonyl (C=O) groups is 1. The van der Waals surface area contributed by atoms with E-state index in [9.17, 15) is 13.2 Å². The van der Waals surface area contributed by atoms with Gasteiger partial charge in [0.2, 0.25) is 10.0 Å². The number of hydrogen-bond donors (Lipinski definition) is 0. The van der Waals surface area contributed by atoms with E-state index in [1.807, 2.05) is 30.5 Å². The molecule has 0 aliphatic carbocycles. The molecule has 5 nitrogen and oxygen atoms in total. The van der Waals surface area contributed by atoms with E-state index in [0.717, 1.165) is 23.3 Å². The smallest absolute Gasteiger partial charge is 0.338 e. The molecule has 7 heteroatoms. The molecule has 0 aromatic heterocycles. The number of nitrogens with zero attached hydrogens (tertiary/aromatic N) is 1. The molecule has 0 unspecified atom stereocenters. The molecule has 1 aliphatic rings. The Labute approximate surface area is 158 Å². The summed E-state index contributed by atoms with van der Waals surface area (Å²) in [4.78, 5) is 13.6. The summed E-state index contributed by atoms with van der Waals surface area (Å²) in [6.45, 7) is 1.21. The lowest BCUT2D eigenvalue weighted by atomic mass is 10.2. The zero-order valence-corrected chi connectivity index (χ0v) is 16.2. The highest BCUT2D eigenvalue weighted by Gasteiger charge is 2.27. The summed E-state index contributed by atoms with van der Waals surface area (Å²) in [7, 11) is -3.55. The van der Waals surface area contributed by atoms with Crippen LogP contribution in [0.4, 0.5) is 0 Å². The number of benzene rings is 2. The average Bonchev–Trinajstić information content (AvgIpc) is 3.22. The molecule has 0 N–H and O–H groups in total. The molecular weight excluding hydrogens is 370 g/mol. The lowest BCUT2D eigenvalue weighted by Gasteiger charge is -2.15. The molecule has 0 saturated carbocycles. The molecule has 0 bridgehead atoms. The Hall–Kier alpha value is -1.83. The molecule has 2 aromatic carbocycles. The van der Waals surface area contributed by atoms with Crippen molar-refractivity contribution in [3.8, 4) is 0 Å². The van der Waals surface area contributed by atoms with Crippen molar-refractivity contribution < 1.29 is 17.9 Å². The van der Waals surface area contributed by atoms with E-state index in [-0.39, 0.29) is 17.1 Å². The van der Waals surface area contributed by atoms with Crippen molar-refractivity contribution in [1.82, 2.24) is 4.31 Å². The van der Waals surface area contributed by atoms with Crippen LogP contribution in [0.5, 0.6) is 0 Å². The van der Waals surface area contributed by atoms with E-state index in [4.69, 9.17) is 4.74 Å². The monoisotopic (exact) mass is 391 g/mol. The van der Waals surface area contributed by atoms with Gasteiger partial charge in [-0.3, -0.25) is 0 Å². The van der Waals surface area contributed by atoms with Crippen LogP contribution in [0, 0.1) is 0 Å². The fourth-order valence-corrected chi connectivity index (χ4v) is 4.79. The van der Waals surface area contributed by atoms with Crippen LogP contribution < -0.4 is 0 Å². The highest BCUT2D eigenvalue weighted by atomic mass is 32.2. The fourth-order valence-electron chi connectivity index (χ4n) is 2.82. The van der Waals surface area contributed by atoms with Crippen molar-refractivity contribution in [2.75, 3.05) is 19.3 Å². The first-order valence-corrected chi connectivity index (χ1v) is 11.1. The number of ether oxygens (including phenoxy) is 1. The van der Waals surface area contributed by atoms with Crippen LogP contribution in [0.2, 0.25) is 0 Å². The average molecular weight is 392 g/mol. The zero-order valence-electron chi connectivity index (χ0n) is 14.6. The van der Waals surface area contributed by atoms with Crippen molar-refractivity contribution in [1.29, 1.82) is 0 Å². The van der Waals surface area contributed by atoms with Gasteiger partial charge in [0.05, 0.1) is 10.5 Å². The minimum Gasteiger partial charge on any atom is -0.457 e. The molecule has 1 heterocycles. The number of hydrogen-bond acceptors (Lipinski definition) is 5. The predicted molar refractivity (Wildman–Crippen MR) is 102 cm³/mol. The Bertz CT molecular complexity index is 873. The molecular formula is C19H21NO4S2. The largest absolute Gasteiger partial charge is 0.457 e. The summed E-state index contributed by atoms with van der Waals surface area (Å²) in [5.41, 5.74) is 1.13. The number of carbonyl (C=O) groups excluding carboxylic acids is 1. The number of rotatable bonds is 6. The second kappa shape index (κ2) is 8.24. The first-order chi connectivity index (χ1) is 12.5. The van der Waals surface area contributed by atoms with Crippen LogP contribution in [-0.4, -0.2) is 38.0 Å². The number of sulfonamides is 1. The van der Waals surface area contributed by atoms with E-state index < -0.39 is 16.0 Å². The van der Waals surface area contributed by atoms with Gasteiger partial charge in [-0.05, 0) is 55.0 Å². The van der Waals surface area contributed by atoms with Gasteiger partial charge in [0.15, 0.2) is 0 Å². The summed E-state index contributed by atoms with van der Waals surface area (Å²) in [5, 5.41) is 0. The van der Waals surface area contributed by atoms with Crippen molar-refractivity contribution >= 4 is 27.8 Å². The predicted octanol–water partition coefficient (Wildman–Crippen LogP) is 3.55. The summed E-state index contributed by atoms with van der Waals surface area (Å²) in [6, 6.07) is 13.8. The maximum absolute atomic E-state index is 12.6. The maximum Gasteiger partial charge on any atom is 0.338 e. The normalized spacial score (nSPS) is 15.1. The Morgan fingerprint density at radius 1 is 1.12 bits per heavy atom. The Balaban J connectivity index is 1.69. The molecule has 138 valence electrons. The third kappa shape index (κ3) is 4.28. The van der Waals surface area contributed by atoms with E-state index in [1.165, 1.54) is 16.4 Å². The lowest BCUT2D eigenvalue weighted by Crippen LogP contribution is -2.28. The summed E-state index contributed by atoms with van der Waals surface area (Å²) >= 11 is 1.64. The SMILES string of the molecule is CSc1ccc(COC(=O)c2cccc(S(=O)(=O)N3CCCC3)c2)cc1. The van der Waals surface area contributed by atoms with Crippen LogP contribution in [0.3, 0.4) is 0 Å². The van der Waals surface area contributed by atoms with Crippen LogP contribution in [0.15, 0.2) is 58.3 Å². The topological polar surface area (TPSA) is 63.7 Å². The Morgan fingerprint density at radius 2 is 1.81 bits per heavy atom. The fraction of sp³-hybridized carbons (Fsp3) is 0.316. The van der Waals surface area contributed by atoms with E-state index >= 15 is 0 Å². The molecule has 2 aromatic rings. The zero-order chi connectivity index (χ0) is 18.6. The molecule has 0 amide bonds. The molecule has 1 saturated heterocycles. The minimum absolute atomic E-state index is 0.137. The Morgan fingerprint density at radius 3 is 2.46 bits per heavy atom. The number of esters is 1. The van der Waals surface area contributed by atoms with Crippen molar-refractivity contribution in [2.45, 2.75) is 29.2 Å². The van der Waals surface area contributed by atoms with Crippen LogP contribution in [-0.2, 0) is 21.4 Å². The van der Waals surface area contributed by atoms with Gasteiger partial charge in [-0.15, -0.1) is 11.8 Å². The van der Waals surface area contributed by atoms with Crippen LogP contribution >= 0.6 is 11.8 Å². The summed E-state index contributed by atoms with van der Waals surface area (Å²) < 4.78 is 32.0.